The van der Waals surface area contributed by atoms with E-state index in [1.165, 1.54) is 19.3 Å². The van der Waals surface area contributed by atoms with Crippen molar-refractivity contribution in [3.63, 3.8) is 0 Å². The number of hydrogen-bond donors (Lipinski definition) is 1. The summed E-state index contributed by atoms with van der Waals surface area (Å²) in [4.78, 5) is 14.1. The zero-order chi connectivity index (χ0) is 15.5. The molecule has 0 radical (unpaired) electrons. The van der Waals surface area contributed by atoms with Crippen LogP contribution < -0.4 is 0 Å². The second-order valence-electron chi connectivity index (χ2n) is 6.56. The fourth-order valence-electron chi connectivity index (χ4n) is 3.55. The van der Waals surface area contributed by atoms with Gasteiger partial charge >= 0.3 is 0 Å². The Morgan fingerprint density at radius 3 is 2.77 bits per heavy atom. The van der Waals surface area contributed by atoms with Gasteiger partial charge in [-0.2, -0.15) is 0 Å². The van der Waals surface area contributed by atoms with Crippen molar-refractivity contribution in [3.05, 3.63) is 11.8 Å². The van der Waals surface area contributed by atoms with Gasteiger partial charge in [-0.15, -0.1) is 0 Å². The van der Waals surface area contributed by atoms with Crippen molar-refractivity contribution in [1.29, 1.82) is 0 Å². The van der Waals surface area contributed by atoms with Crippen molar-refractivity contribution < 1.29 is 19.4 Å². The molecule has 2 heterocycles. The summed E-state index contributed by atoms with van der Waals surface area (Å²) in [6, 6.07) is 0. The fourth-order valence-corrected chi connectivity index (χ4v) is 3.55. The average molecular weight is 309 g/mol. The van der Waals surface area contributed by atoms with E-state index in [1.807, 2.05) is 6.92 Å². The second kappa shape index (κ2) is 7.01. The SMILES string of the molecule is CCO[C@@H]1OC(C(=O)N2CC2)=C[C@H](C2CCC2)[C@H]1CCCO. The van der Waals surface area contributed by atoms with Crippen LogP contribution in [-0.4, -0.2) is 48.5 Å². The van der Waals surface area contributed by atoms with Crippen molar-refractivity contribution in [2.75, 3.05) is 26.3 Å². The number of aliphatic hydroxyl groups excluding tert-OH is 1. The molecule has 5 nitrogen and oxygen atoms in total. The number of allylic oxidation sites excluding steroid dienone is 1. The Morgan fingerprint density at radius 2 is 2.23 bits per heavy atom. The molecule has 0 spiro atoms. The number of rotatable bonds is 7. The summed E-state index contributed by atoms with van der Waals surface area (Å²) in [5, 5.41) is 9.17. The molecule has 3 aliphatic rings. The zero-order valence-corrected chi connectivity index (χ0v) is 13.4. The topological polar surface area (TPSA) is 58.8 Å². The molecular formula is C17H27NO4. The molecule has 0 aromatic heterocycles. The Bertz CT molecular complexity index is 428. The van der Waals surface area contributed by atoms with Gasteiger partial charge in [-0.05, 0) is 50.5 Å². The summed E-state index contributed by atoms with van der Waals surface area (Å²) in [6.07, 6.45) is 7.06. The van der Waals surface area contributed by atoms with Crippen LogP contribution in [-0.2, 0) is 14.3 Å². The first-order valence-electron chi connectivity index (χ1n) is 8.64. The molecule has 1 N–H and O–H groups in total. The van der Waals surface area contributed by atoms with Crippen LogP contribution in [0.2, 0.25) is 0 Å². The van der Waals surface area contributed by atoms with E-state index in [-0.39, 0.29) is 24.7 Å². The summed E-state index contributed by atoms with van der Waals surface area (Å²) < 4.78 is 11.7. The third kappa shape index (κ3) is 3.30. The van der Waals surface area contributed by atoms with Gasteiger partial charge in [0.2, 0.25) is 6.29 Å². The number of ether oxygens (including phenoxy) is 2. The quantitative estimate of drug-likeness (QED) is 0.730. The van der Waals surface area contributed by atoms with E-state index in [0.29, 0.717) is 24.2 Å². The second-order valence-corrected chi connectivity index (χ2v) is 6.56. The lowest BCUT2D eigenvalue weighted by Gasteiger charge is -2.43. The summed E-state index contributed by atoms with van der Waals surface area (Å²) in [6.45, 7) is 4.38. The van der Waals surface area contributed by atoms with Gasteiger partial charge in [0, 0.05) is 32.2 Å². The highest BCUT2D eigenvalue weighted by Gasteiger charge is 2.43. The maximum atomic E-state index is 12.3. The van der Waals surface area contributed by atoms with Gasteiger partial charge in [0.25, 0.3) is 5.91 Å². The predicted molar refractivity (Wildman–Crippen MR) is 81.8 cm³/mol. The number of carbonyl (C=O) groups is 1. The molecule has 1 aliphatic carbocycles. The first-order chi connectivity index (χ1) is 10.7. The van der Waals surface area contributed by atoms with Crippen LogP contribution in [0, 0.1) is 17.8 Å². The molecule has 0 aromatic rings. The standard InChI is InChI=1S/C17H27NO4/c1-2-21-17-13(7-4-10-19)14(12-5-3-6-12)11-15(22-17)16(20)18-8-9-18/h11-14,17,19H,2-10H2,1H3/t13-,14-,17-/m1/s1. The maximum absolute atomic E-state index is 12.3. The fraction of sp³-hybridized carbons (Fsp3) is 0.824. The average Bonchev–Trinajstić information content (AvgIpc) is 3.28. The molecular weight excluding hydrogens is 282 g/mol. The van der Waals surface area contributed by atoms with Crippen molar-refractivity contribution in [3.8, 4) is 0 Å². The summed E-state index contributed by atoms with van der Waals surface area (Å²) in [5.41, 5.74) is 0. The summed E-state index contributed by atoms with van der Waals surface area (Å²) in [5.74, 6) is 1.70. The molecule has 1 saturated heterocycles. The van der Waals surface area contributed by atoms with E-state index >= 15 is 0 Å². The van der Waals surface area contributed by atoms with E-state index < -0.39 is 0 Å². The number of aliphatic hydroxyl groups is 1. The zero-order valence-electron chi connectivity index (χ0n) is 13.4. The molecule has 5 heteroatoms. The molecule has 0 bridgehead atoms. The smallest absolute Gasteiger partial charge is 0.288 e. The molecule has 0 aromatic carbocycles. The third-order valence-electron chi connectivity index (χ3n) is 5.10. The van der Waals surface area contributed by atoms with Crippen molar-refractivity contribution in [2.24, 2.45) is 17.8 Å². The lowest BCUT2D eigenvalue weighted by molar-refractivity contribution is -0.179. The van der Waals surface area contributed by atoms with E-state index in [1.54, 1.807) is 4.90 Å². The Hall–Kier alpha value is -1.07. The number of nitrogens with zero attached hydrogens (tertiary/aromatic N) is 1. The van der Waals surface area contributed by atoms with E-state index in [0.717, 1.165) is 25.9 Å². The molecule has 1 saturated carbocycles. The molecule has 0 unspecified atom stereocenters. The normalized spacial score (nSPS) is 31.3. The highest BCUT2D eigenvalue weighted by Crippen LogP contribution is 2.44. The largest absolute Gasteiger partial charge is 0.459 e. The van der Waals surface area contributed by atoms with Crippen molar-refractivity contribution in [1.82, 2.24) is 4.90 Å². The lowest BCUT2D eigenvalue weighted by Crippen LogP contribution is -2.42. The minimum absolute atomic E-state index is 0.00892. The third-order valence-corrected chi connectivity index (χ3v) is 5.10. The minimum atomic E-state index is -0.356. The van der Waals surface area contributed by atoms with E-state index in [2.05, 4.69) is 6.08 Å². The minimum Gasteiger partial charge on any atom is -0.459 e. The van der Waals surface area contributed by atoms with Crippen molar-refractivity contribution >= 4 is 5.91 Å². The van der Waals surface area contributed by atoms with Crippen LogP contribution in [0.4, 0.5) is 0 Å². The van der Waals surface area contributed by atoms with Crippen LogP contribution in [0.1, 0.15) is 39.0 Å². The first-order valence-corrected chi connectivity index (χ1v) is 8.64. The molecule has 124 valence electrons. The number of carbonyl (C=O) groups excluding carboxylic acids is 1. The van der Waals surface area contributed by atoms with Gasteiger partial charge < -0.3 is 19.5 Å². The monoisotopic (exact) mass is 309 g/mol. The van der Waals surface area contributed by atoms with Crippen LogP contribution in [0.5, 0.6) is 0 Å². The van der Waals surface area contributed by atoms with Crippen LogP contribution in [0.3, 0.4) is 0 Å². The first kappa shape index (κ1) is 15.8. The maximum Gasteiger partial charge on any atom is 0.288 e. The number of amides is 1. The van der Waals surface area contributed by atoms with Gasteiger partial charge in [-0.3, -0.25) is 4.79 Å². The van der Waals surface area contributed by atoms with Gasteiger partial charge in [0.05, 0.1) is 0 Å². The van der Waals surface area contributed by atoms with Gasteiger partial charge in [0.1, 0.15) is 0 Å². The van der Waals surface area contributed by atoms with Gasteiger partial charge in [-0.25, -0.2) is 0 Å². The van der Waals surface area contributed by atoms with Gasteiger partial charge in [0.15, 0.2) is 5.76 Å². The van der Waals surface area contributed by atoms with Crippen LogP contribution in [0.15, 0.2) is 11.8 Å². The molecule has 3 rings (SSSR count). The molecule has 1 amide bonds. The Labute approximate surface area is 132 Å². The Kier molecular flexibility index (Phi) is 5.03. The van der Waals surface area contributed by atoms with Crippen LogP contribution >= 0.6 is 0 Å². The van der Waals surface area contributed by atoms with Crippen molar-refractivity contribution in [2.45, 2.75) is 45.3 Å². The Balaban J connectivity index is 1.80. The molecule has 3 atom stereocenters. The van der Waals surface area contributed by atoms with Crippen LogP contribution in [0.25, 0.3) is 0 Å². The Morgan fingerprint density at radius 1 is 1.45 bits per heavy atom. The highest BCUT2D eigenvalue weighted by molar-refractivity contribution is 5.93. The summed E-state index contributed by atoms with van der Waals surface area (Å²) >= 11 is 0. The molecule has 2 aliphatic heterocycles. The van der Waals surface area contributed by atoms with E-state index in [4.69, 9.17) is 9.47 Å². The number of hydrogen-bond acceptors (Lipinski definition) is 4. The predicted octanol–water partition coefficient (Wildman–Crippen LogP) is 1.91. The molecule has 2 fully saturated rings. The molecule has 22 heavy (non-hydrogen) atoms. The summed E-state index contributed by atoms with van der Waals surface area (Å²) in [7, 11) is 0. The van der Waals surface area contributed by atoms with Gasteiger partial charge in [-0.1, -0.05) is 6.42 Å². The highest BCUT2D eigenvalue weighted by atomic mass is 16.7. The van der Waals surface area contributed by atoms with E-state index in [9.17, 15) is 9.90 Å². The lowest BCUT2D eigenvalue weighted by atomic mass is 9.68.